The highest BCUT2D eigenvalue weighted by Crippen LogP contribution is 2.35. The molecule has 1 aliphatic heterocycles. The molecule has 5 heteroatoms. The van der Waals surface area contributed by atoms with E-state index in [0.717, 1.165) is 5.56 Å². The third kappa shape index (κ3) is 2.08. The molecule has 3 nitrogen and oxygen atoms in total. The van der Waals surface area contributed by atoms with Crippen LogP contribution in [0.2, 0.25) is 10.0 Å². The van der Waals surface area contributed by atoms with Gasteiger partial charge in [-0.05, 0) is 31.0 Å². The van der Waals surface area contributed by atoms with Crippen LogP contribution in [-0.2, 0) is 11.2 Å². The lowest BCUT2D eigenvalue weighted by Crippen LogP contribution is -2.25. The third-order valence-corrected chi connectivity index (χ3v) is 3.52. The molecule has 0 radical (unpaired) electrons. The standard InChI is InChI=1S/C13H13Cl2NO2/c1-3-7-4-8(14)5-9(15)10(7)11-12(17)6(2)16-13(11)18/h4-6,17H,3H2,1-2H3,(H,16,18). The fraction of sp³-hybridized carbons (Fsp3) is 0.308. The third-order valence-electron chi connectivity index (χ3n) is 3.01. The van der Waals surface area contributed by atoms with E-state index in [9.17, 15) is 9.90 Å². The second kappa shape index (κ2) is 4.82. The minimum atomic E-state index is -0.385. The van der Waals surface area contributed by atoms with E-state index in [0.29, 0.717) is 22.0 Å². The summed E-state index contributed by atoms with van der Waals surface area (Å²) in [7, 11) is 0. The molecule has 1 aromatic carbocycles. The summed E-state index contributed by atoms with van der Waals surface area (Å²) in [5.74, 6) is -0.280. The highest BCUT2D eigenvalue weighted by molar-refractivity contribution is 6.38. The Balaban J connectivity index is 2.68. The number of benzene rings is 1. The predicted molar refractivity (Wildman–Crippen MR) is 73.0 cm³/mol. The van der Waals surface area contributed by atoms with Crippen LogP contribution < -0.4 is 5.32 Å². The van der Waals surface area contributed by atoms with Gasteiger partial charge in [0.2, 0.25) is 0 Å². The fourth-order valence-electron chi connectivity index (χ4n) is 2.10. The van der Waals surface area contributed by atoms with Crippen LogP contribution in [0, 0.1) is 0 Å². The molecular weight excluding hydrogens is 273 g/mol. The zero-order valence-electron chi connectivity index (χ0n) is 10.1. The van der Waals surface area contributed by atoms with Gasteiger partial charge in [0.05, 0.1) is 16.6 Å². The highest BCUT2D eigenvalue weighted by atomic mass is 35.5. The SMILES string of the molecule is CCc1cc(Cl)cc(Cl)c1C1=C(O)C(C)NC1=O. The van der Waals surface area contributed by atoms with Crippen molar-refractivity contribution in [3.63, 3.8) is 0 Å². The molecule has 1 unspecified atom stereocenters. The molecule has 0 fully saturated rings. The molecule has 2 rings (SSSR count). The number of carbonyl (C=O) groups excluding carboxylic acids is 1. The molecule has 96 valence electrons. The number of halogens is 2. The van der Waals surface area contributed by atoms with Crippen LogP contribution in [0.3, 0.4) is 0 Å². The molecule has 0 saturated carbocycles. The summed E-state index contributed by atoms with van der Waals surface area (Å²) >= 11 is 12.1. The van der Waals surface area contributed by atoms with Gasteiger partial charge in [0.25, 0.3) is 5.91 Å². The second-order valence-corrected chi connectivity index (χ2v) is 5.07. The van der Waals surface area contributed by atoms with Crippen LogP contribution in [0.25, 0.3) is 5.57 Å². The summed E-state index contributed by atoms with van der Waals surface area (Å²) in [6.45, 7) is 3.66. The summed E-state index contributed by atoms with van der Waals surface area (Å²) in [5.41, 5.74) is 1.67. The van der Waals surface area contributed by atoms with Crippen LogP contribution in [0.1, 0.15) is 25.0 Å². The van der Waals surface area contributed by atoms with E-state index in [1.807, 2.05) is 6.92 Å². The molecular formula is C13H13Cl2NO2. The minimum Gasteiger partial charge on any atom is -0.509 e. The van der Waals surface area contributed by atoms with Gasteiger partial charge in [-0.2, -0.15) is 0 Å². The molecule has 1 aromatic rings. The number of hydrogen-bond donors (Lipinski definition) is 2. The Bertz CT molecular complexity index is 552. The second-order valence-electron chi connectivity index (χ2n) is 4.23. The fourth-order valence-corrected chi connectivity index (χ4v) is 2.73. The van der Waals surface area contributed by atoms with Crippen LogP contribution in [0.4, 0.5) is 0 Å². The van der Waals surface area contributed by atoms with Crippen molar-refractivity contribution in [2.45, 2.75) is 26.3 Å². The van der Waals surface area contributed by atoms with E-state index < -0.39 is 0 Å². The molecule has 0 aliphatic carbocycles. The van der Waals surface area contributed by atoms with E-state index in [1.165, 1.54) is 0 Å². The summed E-state index contributed by atoms with van der Waals surface area (Å²) in [5, 5.41) is 13.6. The minimum absolute atomic E-state index is 0.0268. The van der Waals surface area contributed by atoms with Crippen molar-refractivity contribution in [3.05, 3.63) is 39.1 Å². The zero-order valence-corrected chi connectivity index (χ0v) is 11.6. The van der Waals surface area contributed by atoms with Crippen molar-refractivity contribution in [2.24, 2.45) is 0 Å². The highest BCUT2D eigenvalue weighted by Gasteiger charge is 2.32. The van der Waals surface area contributed by atoms with Gasteiger partial charge in [0, 0.05) is 10.6 Å². The number of aliphatic hydroxyl groups is 1. The van der Waals surface area contributed by atoms with Crippen molar-refractivity contribution in [2.75, 3.05) is 0 Å². The maximum absolute atomic E-state index is 11.9. The van der Waals surface area contributed by atoms with Gasteiger partial charge in [0.15, 0.2) is 0 Å². The number of rotatable bonds is 2. The molecule has 0 bridgehead atoms. The maximum atomic E-state index is 11.9. The zero-order chi connectivity index (χ0) is 13.4. The largest absolute Gasteiger partial charge is 0.509 e. The van der Waals surface area contributed by atoms with E-state index >= 15 is 0 Å². The van der Waals surface area contributed by atoms with Gasteiger partial charge in [-0.3, -0.25) is 4.79 Å². The molecule has 1 aliphatic rings. The number of aliphatic hydroxyl groups excluding tert-OH is 1. The maximum Gasteiger partial charge on any atom is 0.256 e. The average molecular weight is 286 g/mol. The number of hydrogen-bond acceptors (Lipinski definition) is 2. The molecule has 1 atom stereocenters. The van der Waals surface area contributed by atoms with Gasteiger partial charge in [0.1, 0.15) is 5.76 Å². The molecule has 2 N–H and O–H groups in total. The van der Waals surface area contributed by atoms with Gasteiger partial charge in [-0.25, -0.2) is 0 Å². The van der Waals surface area contributed by atoms with Crippen molar-refractivity contribution in [1.82, 2.24) is 5.32 Å². The summed E-state index contributed by atoms with van der Waals surface area (Å²) in [6, 6.07) is 2.96. The summed E-state index contributed by atoms with van der Waals surface area (Å²) in [4.78, 5) is 11.9. The Morgan fingerprint density at radius 3 is 2.56 bits per heavy atom. The van der Waals surface area contributed by atoms with Gasteiger partial charge >= 0.3 is 0 Å². The first kappa shape index (κ1) is 13.2. The average Bonchev–Trinajstić information content (AvgIpc) is 2.54. The van der Waals surface area contributed by atoms with E-state index in [4.69, 9.17) is 23.2 Å². The lowest BCUT2D eigenvalue weighted by molar-refractivity contribution is -0.115. The molecule has 0 aromatic heterocycles. The van der Waals surface area contributed by atoms with Gasteiger partial charge in [-0.1, -0.05) is 30.1 Å². The van der Waals surface area contributed by atoms with Crippen LogP contribution in [-0.4, -0.2) is 17.1 Å². The first-order valence-corrected chi connectivity index (χ1v) is 6.43. The number of aryl methyl sites for hydroxylation is 1. The molecule has 18 heavy (non-hydrogen) atoms. The quantitative estimate of drug-likeness (QED) is 0.876. The Morgan fingerprint density at radius 1 is 1.39 bits per heavy atom. The Kier molecular flexibility index (Phi) is 3.55. The first-order chi connectivity index (χ1) is 8.45. The summed E-state index contributed by atoms with van der Waals surface area (Å²) < 4.78 is 0. The van der Waals surface area contributed by atoms with Crippen LogP contribution >= 0.6 is 23.2 Å². The van der Waals surface area contributed by atoms with Gasteiger partial charge < -0.3 is 10.4 Å². The molecule has 0 saturated heterocycles. The molecule has 1 heterocycles. The number of carbonyl (C=O) groups is 1. The van der Waals surface area contributed by atoms with Crippen LogP contribution in [0.15, 0.2) is 17.9 Å². The van der Waals surface area contributed by atoms with Crippen molar-refractivity contribution in [3.8, 4) is 0 Å². The lowest BCUT2D eigenvalue weighted by Gasteiger charge is -2.11. The topological polar surface area (TPSA) is 49.3 Å². The van der Waals surface area contributed by atoms with Crippen molar-refractivity contribution >= 4 is 34.7 Å². The van der Waals surface area contributed by atoms with E-state index in [-0.39, 0.29) is 23.3 Å². The summed E-state index contributed by atoms with van der Waals surface area (Å²) in [6.07, 6.45) is 0.675. The van der Waals surface area contributed by atoms with Crippen molar-refractivity contribution in [1.29, 1.82) is 0 Å². The normalized spacial score (nSPS) is 19.3. The van der Waals surface area contributed by atoms with E-state index in [1.54, 1.807) is 19.1 Å². The number of amides is 1. The van der Waals surface area contributed by atoms with Gasteiger partial charge in [-0.15, -0.1) is 0 Å². The Morgan fingerprint density at radius 2 is 2.06 bits per heavy atom. The predicted octanol–water partition coefficient (Wildman–Crippen LogP) is 3.34. The monoisotopic (exact) mass is 285 g/mol. The lowest BCUT2D eigenvalue weighted by atomic mass is 9.97. The smallest absolute Gasteiger partial charge is 0.256 e. The Labute approximate surface area is 115 Å². The van der Waals surface area contributed by atoms with E-state index in [2.05, 4.69) is 5.32 Å². The molecule has 0 spiro atoms. The molecule has 1 amide bonds. The first-order valence-electron chi connectivity index (χ1n) is 5.68. The van der Waals surface area contributed by atoms with Crippen molar-refractivity contribution < 1.29 is 9.90 Å². The number of nitrogens with one attached hydrogen (secondary N) is 1. The van der Waals surface area contributed by atoms with Crippen LogP contribution in [0.5, 0.6) is 0 Å². The Hall–Kier alpha value is -1.19.